The zero-order valence-corrected chi connectivity index (χ0v) is 9.55. The van der Waals surface area contributed by atoms with E-state index in [0.717, 1.165) is 24.6 Å². The maximum absolute atomic E-state index is 6.27. The summed E-state index contributed by atoms with van der Waals surface area (Å²) in [4.78, 5) is 4.70. The lowest BCUT2D eigenvalue weighted by atomic mass is 9.86. The Morgan fingerprint density at radius 3 is 3.00 bits per heavy atom. The first-order chi connectivity index (χ1) is 7.28. The van der Waals surface area contributed by atoms with Gasteiger partial charge in [-0.15, -0.1) is 11.3 Å². The van der Waals surface area contributed by atoms with Gasteiger partial charge in [0.1, 0.15) is 0 Å². The van der Waals surface area contributed by atoms with Crippen LogP contribution in [0.1, 0.15) is 42.3 Å². The Morgan fingerprint density at radius 2 is 2.40 bits per heavy atom. The molecule has 1 aromatic rings. The van der Waals surface area contributed by atoms with Crippen molar-refractivity contribution in [2.24, 2.45) is 5.73 Å². The van der Waals surface area contributed by atoms with Gasteiger partial charge in [0.05, 0.1) is 22.8 Å². The molecule has 1 atom stereocenters. The fourth-order valence-electron chi connectivity index (χ4n) is 2.14. The van der Waals surface area contributed by atoms with E-state index in [-0.39, 0.29) is 5.54 Å². The highest BCUT2D eigenvalue weighted by Gasteiger charge is 2.35. The van der Waals surface area contributed by atoms with Crippen LogP contribution < -0.4 is 5.73 Å². The molecule has 0 bridgehead atoms. The number of aromatic nitrogens is 1. The summed E-state index contributed by atoms with van der Waals surface area (Å²) in [6.45, 7) is 1.40. The second kappa shape index (κ2) is 3.54. The molecule has 1 saturated carbocycles. The number of hydrogen-bond donors (Lipinski definition) is 1. The third-order valence-electron chi connectivity index (χ3n) is 3.54. The Labute approximate surface area is 93.7 Å². The van der Waals surface area contributed by atoms with Crippen LogP contribution in [0.25, 0.3) is 0 Å². The molecule has 1 unspecified atom stereocenters. The first kappa shape index (κ1) is 9.75. The van der Waals surface area contributed by atoms with Crippen LogP contribution in [0, 0.1) is 0 Å². The maximum atomic E-state index is 6.27. The predicted molar refractivity (Wildman–Crippen MR) is 60.0 cm³/mol. The fraction of sp³-hybridized carbons (Fsp3) is 0.727. The van der Waals surface area contributed by atoms with Gasteiger partial charge in [0.2, 0.25) is 0 Å². The van der Waals surface area contributed by atoms with Crippen molar-refractivity contribution in [2.75, 3.05) is 13.2 Å². The van der Waals surface area contributed by atoms with Crippen molar-refractivity contribution in [1.82, 2.24) is 4.98 Å². The van der Waals surface area contributed by atoms with Crippen LogP contribution in [-0.4, -0.2) is 18.2 Å². The number of rotatable bonds is 2. The van der Waals surface area contributed by atoms with E-state index in [2.05, 4.69) is 5.38 Å². The van der Waals surface area contributed by atoms with Crippen LogP contribution in [-0.2, 0) is 10.3 Å². The van der Waals surface area contributed by atoms with Crippen LogP contribution in [0.4, 0.5) is 0 Å². The smallest absolute Gasteiger partial charge is 0.0960 e. The van der Waals surface area contributed by atoms with E-state index in [4.69, 9.17) is 15.5 Å². The number of ether oxygens (including phenoxy) is 1. The van der Waals surface area contributed by atoms with Gasteiger partial charge in [-0.3, -0.25) is 0 Å². The molecule has 15 heavy (non-hydrogen) atoms. The van der Waals surface area contributed by atoms with Crippen LogP contribution in [0.5, 0.6) is 0 Å². The Bertz CT molecular complexity index is 353. The number of thiazole rings is 1. The van der Waals surface area contributed by atoms with Gasteiger partial charge < -0.3 is 10.5 Å². The molecule has 2 fully saturated rings. The van der Waals surface area contributed by atoms with Crippen LogP contribution in [0.3, 0.4) is 0 Å². The molecule has 1 aliphatic carbocycles. The van der Waals surface area contributed by atoms with E-state index < -0.39 is 0 Å². The molecule has 0 radical (unpaired) electrons. The molecule has 0 aromatic carbocycles. The number of nitrogens with zero attached hydrogens (tertiary/aromatic N) is 1. The Kier molecular flexibility index (Phi) is 2.30. The molecule has 1 aliphatic heterocycles. The van der Waals surface area contributed by atoms with Crippen LogP contribution >= 0.6 is 11.3 Å². The van der Waals surface area contributed by atoms with Crippen LogP contribution in [0.2, 0.25) is 0 Å². The van der Waals surface area contributed by atoms with Crippen molar-refractivity contribution in [3.8, 4) is 0 Å². The summed E-state index contributed by atoms with van der Waals surface area (Å²) in [7, 11) is 0. The second-order valence-electron chi connectivity index (χ2n) is 4.66. The van der Waals surface area contributed by atoms with Crippen LogP contribution in [0.15, 0.2) is 5.38 Å². The van der Waals surface area contributed by atoms with Crippen molar-refractivity contribution in [3.63, 3.8) is 0 Å². The molecule has 1 aromatic heterocycles. The Hall–Kier alpha value is -0.450. The van der Waals surface area contributed by atoms with Crippen molar-refractivity contribution in [3.05, 3.63) is 16.1 Å². The molecule has 3 rings (SSSR count). The second-order valence-corrected chi connectivity index (χ2v) is 5.55. The first-order valence-electron chi connectivity index (χ1n) is 5.60. The van der Waals surface area contributed by atoms with Gasteiger partial charge in [-0.2, -0.15) is 0 Å². The highest BCUT2D eigenvalue weighted by molar-refractivity contribution is 7.09. The monoisotopic (exact) mass is 224 g/mol. The summed E-state index contributed by atoms with van der Waals surface area (Å²) in [5.74, 6) is 0.717. The lowest BCUT2D eigenvalue weighted by molar-refractivity contribution is 0.177. The highest BCUT2D eigenvalue weighted by atomic mass is 32.1. The van der Waals surface area contributed by atoms with E-state index in [9.17, 15) is 0 Å². The third-order valence-corrected chi connectivity index (χ3v) is 4.55. The SMILES string of the molecule is NC1(c2csc(C3CCC3)n2)CCOC1. The molecule has 0 amide bonds. The van der Waals surface area contributed by atoms with Gasteiger partial charge >= 0.3 is 0 Å². The molecule has 0 spiro atoms. The van der Waals surface area contributed by atoms with Gasteiger partial charge in [0.25, 0.3) is 0 Å². The summed E-state index contributed by atoms with van der Waals surface area (Å²) < 4.78 is 5.36. The molecular weight excluding hydrogens is 208 g/mol. The molecule has 3 nitrogen and oxygen atoms in total. The summed E-state index contributed by atoms with van der Waals surface area (Å²) in [5, 5.41) is 3.41. The minimum atomic E-state index is -0.307. The average molecular weight is 224 g/mol. The minimum absolute atomic E-state index is 0.307. The van der Waals surface area contributed by atoms with E-state index >= 15 is 0 Å². The van der Waals surface area contributed by atoms with Gasteiger partial charge in [-0.05, 0) is 19.3 Å². The third kappa shape index (κ3) is 1.61. The topological polar surface area (TPSA) is 48.1 Å². The van der Waals surface area contributed by atoms with Crippen molar-refractivity contribution in [1.29, 1.82) is 0 Å². The van der Waals surface area contributed by atoms with Gasteiger partial charge in [0.15, 0.2) is 0 Å². The molecule has 82 valence electrons. The summed E-state index contributed by atoms with van der Waals surface area (Å²) in [6.07, 6.45) is 4.87. The van der Waals surface area contributed by atoms with E-state index in [0.29, 0.717) is 6.61 Å². The predicted octanol–water partition coefficient (Wildman–Crippen LogP) is 1.98. The van der Waals surface area contributed by atoms with Gasteiger partial charge in [0, 0.05) is 17.9 Å². The minimum Gasteiger partial charge on any atom is -0.379 e. The lowest BCUT2D eigenvalue weighted by Gasteiger charge is -2.23. The highest BCUT2D eigenvalue weighted by Crippen LogP contribution is 2.39. The van der Waals surface area contributed by atoms with E-state index in [1.54, 1.807) is 11.3 Å². The quantitative estimate of drug-likeness (QED) is 0.835. The number of nitrogens with two attached hydrogens (primary N) is 1. The lowest BCUT2D eigenvalue weighted by Crippen LogP contribution is -2.37. The van der Waals surface area contributed by atoms with Crippen molar-refractivity contribution < 1.29 is 4.74 Å². The maximum Gasteiger partial charge on any atom is 0.0960 e. The van der Waals surface area contributed by atoms with Gasteiger partial charge in [-0.25, -0.2) is 4.98 Å². The Morgan fingerprint density at radius 1 is 1.53 bits per heavy atom. The van der Waals surface area contributed by atoms with Gasteiger partial charge in [-0.1, -0.05) is 6.42 Å². The summed E-state index contributed by atoms with van der Waals surface area (Å²) in [6, 6.07) is 0. The summed E-state index contributed by atoms with van der Waals surface area (Å²) in [5.41, 5.74) is 7.01. The first-order valence-corrected chi connectivity index (χ1v) is 6.48. The molecule has 2 heterocycles. The van der Waals surface area contributed by atoms with E-state index in [1.807, 2.05) is 0 Å². The standard InChI is InChI=1S/C11H16N2OS/c12-11(4-5-14-7-11)9-6-15-10(13-9)8-2-1-3-8/h6,8H,1-5,7,12H2. The fourth-order valence-corrected chi connectivity index (χ4v) is 3.24. The average Bonchev–Trinajstić information content (AvgIpc) is 2.71. The normalized spacial score (nSPS) is 31.8. The zero-order valence-electron chi connectivity index (χ0n) is 8.74. The molecule has 1 saturated heterocycles. The largest absolute Gasteiger partial charge is 0.379 e. The Balaban J connectivity index is 1.82. The van der Waals surface area contributed by atoms with Crippen molar-refractivity contribution >= 4 is 11.3 Å². The number of hydrogen-bond acceptors (Lipinski definition) is 4. The zero-order chi connectivity index (χ0) is 10.3. The van der Waals surface area contributed by atoms with Crippen molar-refractivity contribution in [2.45, 2.75) is 37.1 Å². The molecule has 4 heteroatoms. The molecule has 2 aliphatic rings. The molecule has 2 N–H and O–H groups in total. The van der Waals surface area contributed by atoms with E-state index in [1.165, 1.54) is 24.3 Å². The molecular formula is C11H16N2OS. The summed E-state index contributed by atoms with van der Waals surface area (Å²) >= 11 is 1.77.